The maximum absolute atomic E-state index is 12.9. The number of nitrogens with zero attached hydrogens (tertiary/aromatic N) is 4. The van der Waals surface area contributed by atoms with Crippen molar-refractivity contribution in [3.05, 3.63) is 60.2 Å². The second-order valence-electron chi connectivity index (χ2n) is 6.37. The van der Waals surface area contributed by atoms with Crippen LogP contribution in [0.3, 0.4) is 0 Å². The van der Waals surface area contributed by atoms with Crippen LogP contribution in [0.1, 0.15) is 18.4 Å². The molecular formula is C20H20F3N5O2. The first-order valence-electron chi connectivity index (χ1n) is 9.32. The van der Waals surface area contributed by atoms with Gasteiger partial charge in [0.25, 0.3) is 0 Å². The molecule has 3 aromatic rings. The lowest BCUT2D eigenvalue weighted by atomic mass is 10.2. The molecule has 0 radical (unpaired) electrons. The molecule has 0 atom stereocenters. The Morgan fingerprint density at radius 3 is 2.57 bits per heavy atom. The van der Waals surface area contributed by atoms with Gasteiger partial charge in [-0.05, 0) is 23.8 Å². The van der Waals surface area contributed by atoms with Crippen molar-refractivity contribution in [2.45, 2.75) is 25.6 Å². The first kappa shape index (κ1) is 21.3. The number of para-hydroxylation sites is 1. The van der Waals surface area contributed by atoms with Gasteiger partial charge in [0.15, 0.2) is 0 Å². The zero-order valence-electron chi connectivity index (χ0n) is 16.0. The molecular weight excluding hydrogens is 399 g/mol. The smallest absolute Gasteiger partial charge is 0.419 e. The average Bonchev–Trinajstić information content (AvgIpc) is 3.20. The van der Waals surface area contributed by atoms with Crippen LogP contribution in [0.4, 0.5) is 13.2 Å². The van der Waals surface area contributed by atoms with E-state index in [0.717, 1.165) is 11.6 Å². The predicted octanol–water partition coefficient (Wildman–Crippen LogP) is 3.33. The lowest BCUT2D eigenvalue weighted by Gasteiger charge is -2.13. The van der Waals surface area contributed by atoms with Crippen LogP contribution in [0.15, 0.2) is 54.6 Å². The molecule has 0 bridgehead atoms. The summed E-state index contributed by atoms with van der Waals surface area (Å²) < 4.78 is 43.9. The topological polar surface area (TPSA) is 81.9 Å². The third-order valence-corrected chi connectivity index (χ3v) is 4.12. The lowest BCUT2D eigenvalue weighted by Crippen LogP contribution is -2.28. The van der Waals surface area contributed by atoms with Crippen LogP contribution in [-0.2, 0) is 17.5 Å². The van der Waals surface area contributed by atoms with Gasteiger partial charge in [0.1, 0.15) is 12.4 Å². The highest BCUT2D eigenvalue weighted by atomic mass is 19.4. The molecule has 0 saturated heterocycles. The van der Waals surface area contributed by atoms with E-state index >= 15 is 0 Å². The molecule has 0 unspecified atom stereocenters. The molecule has 1 aromatic heterocycles. The Hall–Kier alpha value is -3.43. The predicted molar refractivity (Wildman–Crippen MR) is 102 cm³/mol. The summed E-state index contributed by atoms with van der Waals surface area (Å²) in [6.45, 7) is 0.456. The van der Waals surface area contributed by atoms with Gasteiger partial charge in [-0.1, -0.05) is 42.5 Å². The molecule has 0 saturated carbocycles. The van der Waals surface area contributed by atoms with E-state index in [-0.39, 0.29) is 31.2 Å². The van der Waals surface area contributed by atoms with E-state index in [4.69, 9.17) is 4.74 Å². The summed E-state index contributed by atoms with van der Waals surface area (Å²) in [4.78, 5) is 13.3. The van der Waals surface area contributed by atoms with Crippen molar-refractivity contribution in [2.75, 3.05) is 13.2 Å². The summed E-state index contributed by atoms with van der Waals surface area (Å²) in [5, 5.41) is 14.8. The Kier molecular flexibility index (Phi) is 6.99. The van der Waals surface area contributed by atoms with E-state index in [0.29, 0.717) is 18.8 Å². The summed E-state index contributed by atoms with van der Waals surface area (Å²) in [6, 6.07) is 14.4. The van der Waals surface area contributed by atoms with E-state index in [2.05, 4.69) is 20.7 Å². The zero-order chi connectivity index (χ0) is 21.4. The first-order valence-corrected chi connectivity index (χ1v) is 9.32. The van der Waals surface area contributed by atoms with Crippen molar-refractivity contribution in [1.82, 2.24) is 25.5 Å². The highest BCUT2D eigenvalue weighted by Gasteiger charge is 2.33. The van der Waals surface area contributed by atoms with Crippen molar-refractivity contribution in [1.29, 1.82) is 0 Å². The van der Waals surface area contributed by atoms with Crippen LogP contribution >= 0.6 is 0 Å². The Balaban J connectivity index is 1.36. The van der Waals surface area contributed by atoms with Gasteiger partial charge in [0.2, 0.25) is 11.7 Å². The zero-order valence-corrected chi connectivity index (χ0v) is 16.0. The monoisotopic (exact) mass is 419 g/mol. The van der Waals surface area contributed by atoms with Crippen LogP contribution in [0.25, 0.3) is 11.4 Å². The molecule has 1 heterocycles. The molecule has 1 N–H and O–H groups in total. The van der Waals surface area contributed by atoms with Gasteiger partial charge in [0, 0.05) is 12.0 Å². The molecule has 3 rings (SSSR count). The minimum absolute atomic E-state index is 0.0656. The van der Waals surface area contributed by atoms with Gasteiger partial charge in [-0.15, -0.1) is 10.2 Å². The fraction of sp³-hybridized carbons (Fsp3) is 0.300. The van der Waals surface area contributed by atoms with Crippen molar-refractivity contribution >= 4 is 5.91 Å². The van der Waals surface area contributed by atoms with E-state index in [1.54, 1.807) is 0 Å². The molecule has 0 fully saturated rings. The second-order valence-corrected chi connectivity index (χ2v) is 6.37. The average molecular weight is 419 g/mol. The quantitative estimate of drug-likeness (QED) is 0.538. The SMILES string of the molecule is O=C(CCCn1nnc(-c2ccccc2)n1)NCCOc1ccccc1C(F)(F)F. The number of carbonyl (C=O) groups is 1. The van der Waals surface area contributed by atoms with E-state index < -0.39 is 11.7 Å². The summed E-state index contributed by atoms with van der Waals surface area (Å²) in [7, 11) is 0. The lowest BCUT2D eigenvalue weighted by molar-refractivity contribution is -0.139. The van der Waals surface area contributed by atoms with Gasteiger partial charge in [-0.2, -0.15) is 18.0 Å². The summed E-state index contributed by atoms with van der Waals surface area (Å²) in [5.74, 6) is 0.0215. The standard InChI is InChI=1S/C20H20F3N5O2/c21-20(22,23)16-9-4-5-10-17(16)30-14-12-24-18(29)11-6-13-28-26-19(25-27-28)15-7-2-1-3-8-15/h1-5,7-10H,6,11-14H2,(H,24,29). The number of benzene rings is 2. The minimum atomic E-state index is -4.49. The molecule has 2 aromatic carbocycles. The molecule has 7 nitrogen and oxygen atoms in total. The number of halogens is 3. The normalized spacial score (nSPS) is 11.3. The minimum Gasteiger partial charge on any atom is -0.491 e. The van der Waals surface area contributed by atoms with Crippen molar-refractivity contribution in [3.63, 3.8) is 0 Å². The van der Waals surface area contributed by atoms with Gasteiger partial charge >= 0.3 is 6.18 Å². The number of alkyl halides is 3. The van der Waals surface area contributed by atoms with Gasteiger partial charge < -0.3 is 10.1 Å². The number of tetrazole rings is 1. The molecule has 0 aliphatic heterocycles. The van der Waals surface area contributed by atoms with Crippen LogP contribution in [0.2, 0.25) is 0 Å². The molecule has 0 aliphatic carbocycles. The Labute approximate surface area is 170 Å². The first-order chi connectivity index (χ1) is 14.4. The highest BCUT2D eigenvalue weighted by molar-refractivity contribution is 5.75. The maximum Gasteiger partial charge on any atom is 0.419 e. The number of hydrogen-bond donors (Lipinski definition) is 1. The Bertz CT molecular complexity index is 960. The number of amides is 1. The van der Waals surface area contributed by atoms with Crippen molar-refractivity contribution in [2.24, 2.45) is 0 Å². The summed E-state index contributed by atoms with van der Waals surface area (Å²) >= 11 is 0. The number of aromatic nitrogens is 4. The molecule has 30 heavy (non-hydrogen) atoms. The Morgan fingerprint density at radius 2 is 1.80 bits per heavy atom. The number of rotatable bonds is 9. The number of nitrogens with one attached hydrogen (secondary N) is 1. The van der Waals surface area contributed by atoms with E-state index in [1.807, 2.05) is 30.3 Å². The van der Waals surface area contributed by atoms with Crippen molar-refractivity contribution < 1.29 is 22.7 Å². The largest absolute Gasteiger partial charge is 0.491 e. The maximum atomic E-state index is 12.9. The Morgan fingerprint density at radius 1 is 1.07 bits per heavy atom. The molecule has 0 spiro atoms. The van der Waals surface area contributed by atoms with E-state index in [1.165, 1.54) is 23.0 Å². The molecule has 1 amide bonds. The fourth-order valence-corrected chi connectivity index (χ4v) is 2.69. The molecule has 158 valence electrons. The van der Waals surface area contributed by atoms with Crippen LogP contribution in [-0.4, -0.2) is 39.3 Å². The van der Waals surface area contributed by atoms with Crippen LogP contribution in [0.5, 0.6) is 5.75 Å². The fourth-order valence-electron chi connectivity index (χ4n) is 2.69. The van der Waals surface area contributed by atoms with Crippen LogP contribution < -0.4 is 10.1 Å². The third-order valence-electron chi connectivity index (χ3n) is 4.12. The van der Waals surface area contributed by atoms with Crippen molar-refractivity contribution in [3.8, 4) is 17.1 Å². The van der Waals surface area contributed by atoms with Gasteiger partial charge in [0.05, 0.1) is 18.7 Å². The van der Waals surface area contributed by atoms with Gasteiger partial charge in [-0.25, -0.2) is 0 Å². The number of aryl methyl sites for hydroxylation is 1. The van der Waals surface area contributed by atoms with Gasteiger partial charge in [-0.3, -0.25) is 4.79 Å². The third kappa shape index (κ3) is 6.03. The second kappa shape index (κ2) is 9.86. The summed E-state index contributed by atoms with van der Waals surface area (Å²) in [5.41, 5.74) is 0.0140. The number of carbonyl (C=O) groups excluding carboxylic acids is 1. The number of hydrogen-bond acceptors (Lipinski definition) is 5. The molecule has 0 aliphatic rings. The highest BCUT2D eigenvalue weighted by Crippen LogP contribution is 2.35. The number of ether oxygens (including phenoxy) is 1. The van der Waals surface area contributed by atoms with E-state index in [9.17, 15) is 18.0 Å². The summed E-state index contributed by atoms with van der Waals surface area (Å²) in [6.07, 6.45) is -3.77. The van der Waals surface area contributed by atoms with Crippen LogP contribution in [0, 0.1) is 0 Å². The molecule has 10 heteroatoms.